The summed E-state index contributed by atoms with van der Waals surface area (Å²) in [5, 5.41) is 27.7. The van der Waals surface area contributed by atoms with Gasteiger partial charge in [0.05, 0.1) is 17.3 Å². The number of carboxylic acid groups (broad SMARTS) is 1. The molecule has 47 heavy (non-hydrogen) atoms. The number of carboxylic acids is 1. The summed E-state index contributed by atoms with van der Waals surface area (Å²) in [6.45, 7) is 4.08. The molecule has 1 atom stereocenters. The van der Waals surface area contributed by atoms with E-state index >= 15 is 0 Å². The van der Waals surface area contributed by atoms with Crippen molar-refractivity contribution in [2.75, 3.05) is 30.3 Å². The van der Waals surface area contributed by atoms with E-state index in [1.54, 1.807) is 54.9 Å². The van der Waals surface area contributed by atoms with Crippen LogP contribution in [0.3, 0.4) is 0 Å². The number of aliphatic hydroxyl groups excluding tert-OH is 1. The molecule has 0 aliphatic carbocycles. The highest BCUT2D eigenvalue weighted by atomic mass is 35.5. The molecule has 11 nitrogen and oxygen atoms in total. The van der Waals surface area contributed by atoms with E-state index in [0.717, 1.165) is 35.1 Å². The Morgan fingerprint density at radius 1 is 0.872 bits per heavy atom. The summed E-state index contributed by atoms with van der Waals surface area (Å²) in [5.74, 6) is -1.60. The van der Waals surface area contributed by atoms with Gasteiger partial charge in [0.1, 0.15) is 17.4 Å². The van der Waals surface area contributed by atoms with E-state index in [1.807, 2.05) is 30.0 Å². The number of aliphatic carboxylic acids is 1. The smallest absolute Gasteiger partial charge is 0.320 e. The summed E-state index contributed by atoms with van der Waals surface area (Å²) < 4.78 is 0. The lowest BCUT2D eigenvalue weighted by Crippen LogP contribution is -2.44. The lowest BCUT2D eigenvalue weighted by molar-refractivity contribution is -0.144. The predicted octanol–water partition coefficient (Wildman–Crippen LogP) is 5.13. The highest BCUT2D eigenvalue weighted by Gasteiger charge is 2.28. The predicted molar refractivity (Wildman–Crippen MR) is 180 cm³/mol. The molecule has 2 amide bonds. The maximum absolute atomic E-state index is 13.2. The Kier molecular flexibility index (Phi) is 11.3. The number of nitrogens with zero attached hydrogens (tertiary/aromatic N) is 3. The molecular formula is C35H37ClN6O5. The fraction of sp³-hybridized carbons (Fsp3) is 0.286. The van der Waals surface area contributed by atoms with E-state index in [4.69, 9.17) is 16.7 Å². The van der Waals surface area contributed by atoms with Gasteiger partial charge < -0.3 is 26.2 Å². The first kappa shape index (κ1) is 33.7. The molecule has 1 saturated heterocycles. The number of aromatic nitrogens is 2. The number of piperidine rings is 1. The SMILES string of the molecule is Cc1c(NC(=O)c2ccc(CN3CCCCC3C(=O)O)cn2)cccc1-c1cccc(NC(=O)c2ccc(CNCCO)cn2)c1Cl. The van der Waals surface area contributed by atoms with E-state index in [0.29, 0.717) is 54.6 Å². The zero-order valence-corrected chi connectivity index (χ0v) is 26.8. The van der Waals surface area contributed by atoms with E-state index in [-0.39, 0.29) is 23.9 Å². The van der Waals surface area contributed by atoms with Crippen LogP contribution in [0.1, 0.15) is 56.9 Å². The third kappa shape index (κ3) is 8.38. The summed E-state index contributed by atoms with van der Waals surface area (Å²) in [4.78, 5) is 48.3. The zero-order valence-electron chi connectivity index (χ0n) is 26.0. The molecule has 0 bridgehead atoms. The van der Waals surface area contributed by atoms with Crippen molar-refractivity contribution in [3.8, 4) is 11.1 Å². The number of benzene rings is 2. The summed E-state index contributed by atoms with van der Waals surface area (Å²) in [6.07, 6.45) is 5.71. The summed E-state index contributed by atoms with van der Waals surface area (Å²) in [6, 6.07) is 17.2. The lowest BCUT2D eigenvalue weighted by atomic mass is 9.98. The Morgan fingerprint density at radius 2 is 1.51 bits per heavy atom. The van der Waals surface area contributed by atoms with Crippen LogP contribution in [-0.4, -0.2) is 68.6 Å². The normalized spacial score (nSPS) is 14.8. The Bertz CT molecular complexity index is 1730. The molecule has 1 fully saturated rings. The molecule has 0 spiro atoms. The fourth-order valence-corrected chi connectivity index (χ4v) is 5.87. The molecule has 3 heterocycles. The third-order valence-electron chi connectivity index (χ3n) is 8.14. The number of pyridine rings is 2. The first-order chi connectivity index (χ1) is 22.7. The van der Waals surface area contributed by atoms with Crippen LogP contribution in [0.15, 0.2) is 73.1 Å². The molecule has 12 heteroatoms. The third-order valence-corrected chi connectivity index (χ3v) is 8.54. The number of hydrogen-bond donors (Lipinski definition) is 5. The molecular weight excluding hydrogens is 620 g/mol. The van der Waals surface area contributed by atoms with E-state index < -0.39 is 17.9 Å². The second-order valence-corrected chi connectivity index (χ2v) is 11.8. The second-order valence-electron chi connectivity index (χ2n) is 11.4. The summed E-state index contributed by atoms with van der Waals surface area (Å²) in [5.41, 5.74) is 5.42. The van der Waals surface area contributed by atoms with Crippen molar-refractivity contribution >= 4 is 40.8 Å². The molecule has 1 unspecified atom stereocenters. The molecule has 5 N–H and O–H groups in total. The average molecular weight is 657 g/mol. The van der Waals surface area contributed by atoms with Crippen molar-refractivity contribution in [1.29, 1.82) is 0 Å². The number of nitrogens with one attached hydrogen (secondary N) is 3. The Balaban J connectivity index is 1.26. The number of anilines is 2. The highest BCUT2D eigenvalue weighted by Crippen LogP contribution is 2.37. The Hall–Kier alpha value is -4.68. The lowest BCUT2D eigenvalue weighted by Gasteiger charge is -2.32. The number of carbonyl (C=O) groups is 3. The maximum Gasteiger partial charge on any atom is 0.320 e. The van der Waals surface area contributed by atoms with Crippen LogP contribution in [0.25, 0.3) is 11.1 Å². The van der Waals surface area contributed by atoms with Gasteiger partial charge in [-0.25, -0.2) is 0 Å². The van der Waals surface area contributed by atoms with Crippen molar-refractivity contribution in [1.82, 2.24) is 20.2 Å². The van der Waals surface area contributed by atoms with Gasteiger partial charge in [-0.15, -0.1) is 0 Å². The zero-order chi connectivity index (χ0) is 33.3. The summed E-state index contributed by atoms with van der Waals surface area (Å²) in [7, 11) is 0. The Morgan fingerprint density at radius 3 is 2.15 bits per heavy atom. The van der Waals surface area contributed by atoms with Crippen molar-refractivity contribution in [3.05, 3.63) is 106 Å². The number of carbonyl (C=O) groups excluding carboxylic acids is 2. The van der Waals surface area contributed by atoms with Gasteiger partial charge in [-0.1, -0.05) is 54.4 Å². The van der Waals surface area contributed by atoms with Gasteiger partial charge in [0.2, 0.25) is 0 Å². The van der Waals surface area contributed by atoms with Crippen LogP contribution < -0.4 is 16.0 Å². The van der Waals surface area contributed by atoms with Crippen molar-refractivity contribution in [2.45, 2.75) is 45.3 Å². The minimum atomic E-state index is -0.813. The van der Waals surface area contributed by atoms with Crippen LogP contribution in [0.4, 0.5) is 11.4 Å². The highest BCUT2D eigenvalue weighted by molar-refractivity contribution is 6.36. The van der Waals surface area contributed by atoms with E-state index in [1.165, 1.54) is 0 Å². The minimum absolute atomic E-state index is 0.0391. The van der Waals surface area contributed by atoms with Gasteiger partial charge in [0, 0.05) is 43.3 Å². The van der Waals surface area contributed by atoms with Gasteiger partial charge in [-0.05, 0) is 72.8 Å². The number of halogens is 1. The molecule has 244 valence electrons. The number of aliphatic hydroxyl groups is 1. The number of rotatable bonds is 12. The van der Waals surface area contributed by atoms with Gasteiger partial charge in [0.25, 0.3) is 11.8 Å². The maximum atomic E-state index is 13.2. The first-order valence-electron chi connectivity index (χ1n) is 15.4. The second kappa shape index (κ2) is 15.7. The van der Waals surface area contributed by atoms with Gasteiger partial charge in [-0.3, -0.25) is 29.3 Å². The van der Waals surface area contributed by atoms with Crippen LogP contribution in [0.2, 0.25) is 5.02 Å². The minimum Gasteiger partial charge on any atom is -0.480 e. The fourth-order valence-electron chi connectivity index (χ4n) is 5.59. The number of amides is 2. The largest absolute Gasteiger partial charge is 0.480 e. The van der Waals surface area contributed by atoms with Crippen LogP contribution >= 0.6 is 11.6 Å². The van der Waals surface area contributed by atoms with Gasteiger partial charge in [-0.2, -0.15) is 0 Å². The van der Waals surface area contributed by atoms with Crippen molar-refractivity contribution in [3.63, 3.8) is 0 Å². The molecule has 2 aromatic carbocycles. The van der Waals surface area contributed by atoms with Crippen molar-refractivity contribution in [2.24, 2.45) is 0 Å². The molecule has 0 radical (unpaired) electrons. The quantitative estimate of drug-likeness (QED) is 0.130. The van der Waals surface area contributed by atoms with E-state index in [2.05, 4.69) is 25.9 Å². The van der Waals surface area contributed by atoms with Crippen LogP contribution in [0, 0.1) is 6.92 Å². The average Bonchev–Trinajstić information content (AvgIpc) is 3.07. The molecule has 2 aromatic heterocycles. The van der Waals surface area contributed by atoms with Crippen LogP contribution in [0.5, 0.6) is 0 Å². The molecule has 0 saturated carbocycles. The Labute approximate surface area is 278 Å². The monoisotopic (exact) mass is 656 g/mol. The molecule has 1 aliphatic rings. The summed E-state index contributed by atoms with van der Waals surface area (Å²) >= 11 is 6.81. The topological polar surface area (TPSA) is 157 Å². The molecule has 4 aromatic rings. The van der Waals surface area contributed by atoms with Gasteiger partial charge in [0.15, 0.2) is 0 Å². The van der Waals surface area contributed by atoms with Crippen molar-refractivity contribution < 1.29 is 24.6 Å². The number of likely N-dealkylation sites (tertiary alicyclic amines) is 1. The first-order valence-corrected chi connectivity index (χ1v) is 15.8. The number of hydrogen-bond acceptors (Lipinski definition) is 8. The molecule has 5 rings (SSSR count). The van der Waals surface area contributed by atoms with E-state index in [9.17, 15) is 19.5 Å². The molecule has 1 aliphatic heterocycles. The standard InChI is InChI=1S/C35H37ClN6O5/c1-22-25(26-7-5-9-28(32(26)36)41-34(45)29-13-11-23(19-38-29)18-37-15-17-43)6-4-8-27(22)40-33(44)30-14-12-24(20-39-30)21-42-16-3-2-10-31(42)35(46)47/h4-9,11-14,19-20,31,37,43H,2-3,10,15-18,21H2,1H3,(H,40,44)(H,41,45)(H,46,47). The van der Waals surface area contributed by atoms with Crippen LogP contribution in [-0.2, 0) is 17.9 Å². The van der Waals surface area contributed by atoms with Gasteiger partial charge >= 0.3 is 5.97 Å².